The molecule has 1 atom stereocenters. The number of hydrogen-bond donors (Lipinski definition) is 2. The fraction of sp³-hybridized carbons (Fsp3) is 0.214. The second-order valence-corrected chi connectivity index (χ2v) is 5.85. The van der Waals surface area contributed by atoms with Gasteiger partial charge in [0.25, 0.3) is 5.69 Å². The topological polar surface area (TPSA) is 114 Å². The van der Waals surface area contributed by atoms with Crippen molar-refractivity contribution in [1.29, 1.82) is 0 Å². The number of benzene rings is 1. The van der Waals surface area contributed by atoms with Crippen molar-refractivity contribution in [2.24, 2.45) is 0 Å². The zero-order chi connectivity index (χ0) is 16.4. The summed E-state index contributed by atoms with van der Waals surface area (Å²) in [5.74, 6) is -0.420. The van der Waals surface area contributed by atoms with E-state index in [0.29, 0.717) is 23.7 Å². The minimum absolute atomic E-state index is 0.00878. The quantitative estimate of drug-likeness (QED) is 0.656. The Bertz CT molecular complexity index is 771. The lowest BCUT2D eigenvalue weighted by Crippen LogP contribution is -2.37. The molecule has 0 aliphatic carbocycles. The van der Waals surface area contributed by atoms with E-state index >= 15 is 0 Å². The van der Waals surface area contributed by atoms with Crippen LogP contribution in [0.2, 0.25) is 0 Å². The van der Waals surface area contributed by atoms with Crippen LogP contribution in [0.3, 0.4) is 0 Å². The number of nitro groups is 1. The van der Waals surface area contributed by atoms with Gasteiger partial charge in [-0.25, -0.2) is 4.98 Å². The maximum absolute atomic E-state index is 12.0. The monoisotopic (exact) mass is 332 g/mol. The summed E-state index contributed by atoms with van der Waals surface area (Å²) in [7, 11) is 0. The first-order valence-corrected chi connectivity index (χ1v) is 7.71. The highest BCUT2D eigenvalue weighted by atomic mass is 32.1. The smallest absolute Gasteiger partial charge is 0.269 e. The van der Waals surface area contributed by atoms with Gasteiger partial charge in [0.15, 0.2) is 5.13 Å². The molecule has 118 valence electrons. The lowest BCUT2D eigenvalue weighted by atomic mass is 10.1. The molecule has 1 aliphatic rings. The molecule has 1 aromatic carbocycles. The number of hydrogen-bond acceptors (Lipinski definition) is 6. The standard InChI is InChI=1S/C14H12N4O4S/c19-12-6-5-10(15-12)13(20)17-14-16-11(7-23-14)8-1-3-9(4-2-8)18(21)22/h1-4,7,10H,5-6H2,(H,15,19)(H,16,17,20)/t10-/m1/s1. The van der Waals surface area contributed by atoms with Crippen LogP contribution in [0.5, 0.6) is 0 Å². The summed E-state index contributed by atoms with van der Waals surface area (Å²) >= 11 is 1.25. The number of thiazole rings is 1. The van der Waals surface area contributed by atoms with E-state index in [2.05, 4.69) is 15.6 Å². The van der Waals surface area contributed by atoms with E-state index in [1.165, 1.54) is 23.5 Å². The first-order chi connectivity index (χ1) is 11.0. The largest absolute Gasteiger partial charge is 0.344 e. The number of anilines is 1. The third-order valence-corrected chi connectivity index (χ3v) is 4.18. The normalized spacial score (nSPS) is 16.9. The van der Waals surface area contributed by atoms with Crippen molar-refractivity contribution >= 4 is 34.0 Å². The fourth-order valence-electron chi connectivity index (χ4n) is 2.22. The molecular weight excluding hydrogens is 320 g/mol. The van der Waals surface area contributed by atoms with Gasteiger partial charge in [-0.2, -0.15) is 0 Å². The predicted octanol–water partition coefficient (Wildman–Crippen LogP) is 1.94. The van der Waals surface area contributed by atoms with Crippen molar-refractivity contribution in [3.05, 3.63) is 39.8 Å². The summed E-state index contributed by atoms with van der Waals surface area (Å²) in [6.07, 6.45) is 0.829. The molecule has 8 nitrogen and oxygen atoms in total. The Labute approximate surface area is 134 Å². The van der Waals surface area contributed by atoms with Gasteiger partial charge in [-0.15, -0.1) is 11.3 Å². The van der Waals surface area contributed by atoms with Crippen molar-refractivity contribution in [1.82, 2.24) is 10.3 Å². The molecular formula is C14H12N4O4S. The van der Waals surface area contributed by atoms with Crippen molar-refractivity contribution in [3.8, 4) is 11.3 Å². The number of amides is 2. The summed E-state index contributed by atoms with van der Waals surface area (Å²) in [6.45, 7) is 0. The molecule has 0 spiro atoms. The number of nitrogens with zero attached hydrogens (tertiary/aromatic N) is 2. The van der Waals surface area contributed by atoms with Crippen molar-refractivity contribution < 1.29 is 14.5 Å². The Morgan fingerprint density at radius 1 is 1.39 bits per heavy atom. The molecule has 2 heterocycles. The zero-order valence-electron chi connectivity index (χ0n) is 11.8. The van der Waals surface area contributed by atoms with Gasteiger partial charge in [-0.1, -0.05) is 0 Å². The van der Waals surface area contributed by atoms with Gasteiger partial charge in [0.1, 0.15) is 6.04 Å². The van der Waals surface area contributed by atoms with Gasteiger partial charge >= 0.3 is 0 Å². The Hall–Kier alpha value is -2.81. The van der Waals surface area contributed by atoms with Crippen LogP contribution in [0.4, 0.5) is 10.8 Å². The van der Waals surface area contributed by atoms with Crippen LogP contribution in [0.1, 0.15) is 12.8 Å². The van der Waals surface area contributed by atoms with E-state index in [-0.39, 0.29) is 17.5 Å². The lowest BCUT2D eigenvalue weighted by molar-refractivity contribution is -0.384. The average molecular weight is 332 g/mol. The summed E-state index contributed by atoms with van der Waals surface area (Å²) < 4.78 is 0. The summed E-state index contributed by atoms with van der Waals surface area (Å²) in [6, 6.07) is 5.50. The second-order valence-electron chi connectivity index (χ2n) is 4.99. The molecule has 2 amide bonds. The predicted molar refractivity (Wildman–Crippen MR) is 84.0 cm³/mol. The summed E-state index contributed by atoms with van der Waals surface area (Å²) in [5.41, 5.74) is 1.35. The van der Waals surface area contributed by atoms with Gasteiger partial charge in [0, 0.05) is 29.5 Å². The molecule has 2 N–H and O–H groups in total. The van der Waals surface area contributed by atoms with Crippen LogP contribution >= 0.6 is 11.3 Å². The highest BCUT2D eigenvalue weighted by Crippen LogP contribution is 2.26. The van der Waals surface area contributed by atoms with Crippen molar-refractivity contribution in [3.63, 3.8) is 0 Å². The molecule has 1 fully saturated rings. The Kier molecular flexibility index (Phi) is 4.02. The van der Waals surface area contributed by atoms with Crippen LogP contribution in [-0.2, 0) is 9.59 Å². The van der Waals surface area contributed by atoms with Gasteiger partial charge in [0.05, 0.1) is 10.6 Å². The number of aromatic nitrogens is 1. The maximum Gasteiger partial charge on any atom is 0.269 e. The number of nitrogens with one attached hydrogen (secondary N) is 2. The SMILES string of the molecule is O=C1CC[C@H](C(=O)Nc2nc(-c3ccc([N+](=O)[O-])cc3)cs2)N1. The first-order valence-electron chi connectivity index (χ1n) is 6.83. The summed E-state index contributed by atoms with van der Waals surface area (Å²) in [5, 5.41) is 18.1. The molecule has 1 aliphatic heterocycles. The molecule has 2 aromatic rings. The van der Waals surface area contributed by atoms with Gasteiger partial charge in [0.2, 0.25) is 11.8 Å². The van der Waals surface area contributed by atoms with Crippen LogP contribution in [0.25, 0.3) is 11.3 Å². The fourth-order valence-corrected chi connectivity index (χ4v) is 2.94. The third-order valence-electron chi connectivity index (χ3n) is 3.42. The van der Waals surface area contributed by atoms with E-state index in [9.17, 15) is 19.7 Å². The van der Waals surface area contributed by atoms with E-state index in [4.69, 9.17) is 0 Å². The number of rotatable bonds is 4. The molecule has 0 radical (unpaired) electrons. The Balaban J connectivity index is 1.69. The van der Waals surface area contributed by atoms with Crippen molar-refractivity contribution in [2.45, 2.75) is 18.9 Å². The minimum atomic E-state index is -0.519. The van der Waals surface area contributed by atoms with E-state index < -0.39 is 11.0 Å². The zero-order valence-corrected chi connectivity index (χ0v) is 12.6. The molecule has 3 rings (SSSR count). The van der Waals surface area contributed by atoms with E-state index in [0.717, 1.165) is 5.56 Å². The number of carbonyl (C=O) groups excluding carboxylic acids is 2. The molecule has 0 unspecified atom stereocenters. The number of non-ortho nitro benzene ring substituents is 1. The molecule has 0 saturated carbocycles. The van der Waals surface area contributed by atoms with E-state index in [1.807, 2.05) is 0 Å². The van der Waals surface area contributed by atoms with Crippen LogP contribution in [0, 0.1) is 10.1 Å². The summed E-state index contributed by atoms with van der Waals surface area (Å²) in [4.78, 5) is 37.6. The van der Waals surface area contributed by atoms with E-state index in [1.54, 1.807) is 17.5 Å². The number of nitro benzene ring substituents is 1. The van der Waals surface area contributed by atoms with Crippen LogP contribution in [-0.4, -0.2) is 27.8 Å². The molecule has 1 aromatic heterocycles. The van der Waals surface area contributed by atoms with Gasteiger partial charge in [-0.05, 0) is 18.6 Å². The highest BCUT2D eigenvalue weighted by molar-refractivity contribution is 7.14. The maximum atomic E-state index is 12.0. The first kappa shape index (κ1) is 15.1. The lowest BCUT2D eigenvalue weighted by Gasteiger charge is -2.08. The van der Waals surface area contributed by atoms with Gasteiger partial charge < -0.3 is 10.6 Å². The average Bonchev–Trinajstić information content (AvgIpc) is 3.16. The molecule has 1 saturated heterocycles. The second kappa shape index (κ2) is 6.13. The van der Waals surface area contributed by atoms with Gasteiger partial charge in [-0.3, -0.25) is 19.7 Å². The minimum Gasteiger partial charge on any atom is -0.344 e. The van der Waals surface area contributed by atoms with Crippen LogP contribution in [0.15, 0.2) is 29.6 Å². The Morgan fingerprint density at radius 3 is 2.74 bits per heavy atom. The number of carbonyl (C=O) groups is 2. The molecule has 0 bridgehead atoms. The molecule has 9 heteroatoms. The van der Waals surface area contributed by atoms with Crippen LogP contribution < -0.4 is 10.6 Å². The van der Waals surface area contributed by atoms with Crippen molar-refractivity contribution in [2.75, 3.05) is 5.32 Å². The molecule has 23 heavy (non-hydrogen) atoms. The Morgan fingerprint density at radius 2 is 2.13 bits per heavy atom. The third kappa shape index (κ3) is 3.34. The highest BCUT2D eigenvalue weighted by Gasteiger charge is 2.27.